The number of nitrogens with zero attached hydrogens (tertiary/aromatic N) is 1. The van der Waals surface area contributed by atoms with Crippen molar-refractivity contribution in [2.75, 3.05) is 13.1 Å². The Morgan fingerprint density at radius 2 is 2.27 bits per heavy atom. The lowest BCUT2D eigenvalue weighted by molar-refractivity contribution is 0.171. The van der Waals surface area contributed by atoms with E-state index in [-0.39, 0.29) is 0 Å². The summed E-state index contributed by atoms with van der Waals surface area (Å²) in [5, 5.41) is 3.45. The number of pyridine rings is 1. The Labute approximate surface area is 92.1 Å². The van der Waals surface area contributed by atoms with Gasteiger partial charge in [0, 0.05) is 12.4 Å². The summed E-state index contributed by atoms with van der Waals surface area (Å²) in [5.74, 6) is 1.78. The van der Waals surface area contributed by atoms with Gasteiger partial charge >= 0.3 is 0 Å². The molecule has 2 rings (SSSR count). The van der Waals surface area contributed by atoms with E-state index in [1.54, 1.807) is 0 Å². The number of rotatable bonds is 5. The van der Waals surface area contributed by atoms with Crippen molar-refractivity contribution < 1.29 is 0 Å². The average Bonchev–Trinajstić information content (AvgIpc) is 2.26. The van der Waals surface area contributed by atoms with Crippen LogP contribution in [0.15, 0.2) is 24.5 Å². The molecule has 1 heterocycles. The van der Waals surface area contributed by atoms with Crippen molar-refractivity contribution >= 4 is 0 Å². The summed E-state index contributed by atoms with van der Waals surface area (Å²) in [5.41, 5.74) is 1.39. The van der Waals surface area contributed by atoms with Crippen LogP contribution in [0.2, 0.25) is 0 Å². The third kappa shape index (κ3) is 2.78. The normalized spacial score (nSPS) is 24.9. The number of aromatic nitrogens is 1. The first-order chi connectivity index (χ1) is 7.40. The Kier molecular flexibility index (Phi) is 3.73. The topological polar surface area (TPSA) is 24.9 Å². The van der Waals surface area contributed by atoms with Crippen LogP contribution in [0.1, 0.15) is 25.3 Å². The van der Waals surface area contributed by atoms with Gasteiger partial charge in [0.1, 0.15) is 0 Å². The van der Waals surface area contributed by atoms with Crippen LogP contribution in [0.25, 0.3) is 0 Å². The Hall–Kier alpha value is -0.890. The van der Waals surface area contributed by atoms with E-state index in [0.29, 0.717) is 0 Å². The van der Waals surface area contributed by atoms with Gasteiger partial charge in [-0.05, 0) is 55.8 Å². The van der Waals surface area contributed by atoms with Crippen molar-refractivity contribution in [2.24, 2.45) is 11.8 Å². The van der Waals surface area contributed by atoms with Crippen LogP contribution in [-0.2, 0) is 6.42 Å². The highest BCUT2D eigenvalue weighted by Crippen LogP contribution is 2.36. The fourth-order valence-electron chi connectivity index (χ4n) is 2.33. The quantitative estimate of drug-likeness (QED) is 0.795. The molecule has 2 heteroatoms. The molecule has 1 aliphatic carbocycles. The van der Waals surface area contributed by atoms with E-state index >= 15 is 0 Å². The molecule has 1 aromatic rings. The summed E-state index contributed by atoms with van der Waals surface area (Å²) in [7, 11) is 0. The third-order valence-corrected chi connectivity index (χ3v) is 3.45. The minimum atomic E-state index is 0.883. The molecule has 1 aromatic heterocycles. The van der Waals surface area contributed by atoms with E-state index in [1.807, 2.05) is 18.5 Å². The van der Waals surface area contributed by atoms with E-state index in [0.717, 1.165) is 18.4 Å². The van der Waals surface area contributed by atoms with Crippen molar-refractivity contribution in [2.45, 2.75) is 26.2 Å². The van der Waals surface area contributed by atoms with Gasteiger partial charge in [-0.1, -0.05) is 13.0 Å². The van der Waals surface area contributed by atoms with Crippen molar-refractivity contribution in [3.63, 3.8) is 0 Å². The van der Waals surface area contributed by atoms with Gasteiger partial charge in [0.2, 0.25) is 0 Å². The average molecular weight is 204 g/mol. The van der Waals surface area contributed by atoms with E-state index in [2.05, 4.69) is 23.3 Å². The van der Waals surface area contributed by atoms with Gasteiger partial charge in [-0.15, -0.1) is 0 Å². The van der Waals surface area contributed by atoms with Gasteiger partial charge in [0.05, 0.1) is 0 Å². The van der Waals surface area contributed by atoms with Crippen LogP contribution in [-0.4, -0.2) is 18.1 Å². The molecule has 0 amide bonds. The van der Waals surface area contributed by atoms with Crippen LogP contribution in [0.5, 0.6) is 0 Å². The summed E-state index contributed by atoms with van der Waals surface area (Å²) < 4.78 is 0. The van der Waals surface area contributed by atoms with Gasteiger partial charge in [0.15, 0.2) is 0 Å². The van der Waals surface area contributed by atoms with E-state index < -0.39 is 0 Å². The maximum atomic E-state index is 4.17. The van der Waals surface area contributed by atoms with Crippen molar-refractivity contribution in [3.05, 3.63) is 30.1 Å². The lowest BCUT2D eigenvalue weighted by Crippen LogP contribution is -2.36. The maximum Gasteiger partial charge on any atom is 0.0299 e. The molecular formula is C13H20N2. The largest absolute Gasteiger partial charge is 0.317 e. The van der Waals surface area contributed by atoms with Gasteiger partial charge in [-0.2, -0.15) is 0 Å². The zero-order valence-corrected chi connectivity index (χ0v) is 9.45. The van der Waals surface area contributed by atoms with Gasteiger partial charge in [0.25, 0.3) is 0 Å². The highest BCUT2D eigenvalue weighted by atomic mass is 14.9. The molecule has 2 nitrogen and oxygen atoms in total. The van der Waals surface area contributed by atoms with Crippen LogP contribution in [0, 0.1) is 11.8 Å². The SMILES string of the molecule is CCNCC1CCC1Cc1cccnc1. The van der Waals surface area contributed by atoms with E-state index in [4.69, 9.17) is 0 Å². The minimum Gasteiger partial charge on any atom is -0.317 e. The second-order valence-corrected chi connectivity index (χ2v) is 4.47. The fourth-order valence-corrected chi connectivity index (χ4v) is 2.33. The molecule has 0 spiro atoms. The van der Waals surface area contributed by atoms with Crippen molar-refractivity contribution in [3.8, 4) is 0 Å². The Balaban J connectivity index is 1.80. The van der Waals surface area contributed by atoms with Crippen molar-refractivity contribution in [1.29, 1.82) is 0 Å². The highest BCUT2D eigenvalue weighted by Gasteiger charge is 2.29. The Bertz CT molecular complexity index is 284. The van der Waals surface area contributed by atoms with Crippen LogP contribution in [0.4, 0.5) is 0 Å². The van der Waals surface area contributed by atoms with Crippen LogP contribution < -0.4 is 5.32 Å². The van der Waals surface area contributed by atoms with Crippen LogP contribution in [0.3, 0.4) is 0 Å². The predicted octanol–water partition coefficient (Wildman–Crippen LogP) is 2.26. The molecule has 1 N–H and O–H groups in total. The first kappa shape index (κ1) is 10.6. The zero-order valence-electron chi connectivity index (χ0n) is 9.45. The third-order valence-electron chi connectivity index (χ3n) is 3.45. The number of nitrogens with one attached hydrogen (secondary N) is 1. The molecule has 1 fully saturated rings. The molecule has 1 saturated carbocycles. The molecule has 0 saturated heterocycles. The molecular weight excluding hydrogens is 184 g/mol. The van der Waals surface area contributed by atoms with E-state index in [9.17, 15) is 0 Å². The van der Waals surface area contributed by atoms with E-state index in [1.165, 1.54) is 31.4 Å². The Morgan fingerprint density at radius 1 is 1.40 bits per heavy atom. The summed E-state index contributed by atoms with van der Waals surface area (Å²) in [4.78, 5) is 4.17. The molecule has 1 aliphatic rings. The van der Waals surface area contributed by atoms with Gasteiger partial charge in [-0.25, -0.2) is 0 Å². The Morgan fingerprint density at radius 3 is 2.87 bits per heavy atom. The first-order valence-corrected chi connectivity index (χ1v) is 5.99. The molecule has 0 bridgehead atoms. The summed E-state index contributed by atoms with van der Waals surface area (Å²) >= 11 is 0. The van der Waals surface area contributed by atoms with Crippen molar-refractivity contribution in [1.82, 2.24) is 10.3 Å². The zero-order chi connectivity index (χ0) is 10.5. The first-order valence-electron chi connectivity index (χ1n) is 5.99. The molecule has 82 valence electrons. The minimum absolute atomic E-state index is 0.883. The monoisotopic (exact) mass is 204 g/mol. The van der Waals surface area contributed by atoms with Gasteiger partial charge < -0.3 is 5.32 Å². The molecule has 0 aromatic carbocycles. The highest BCUT2D eigenvalue weighted by molar-refractivity contribution is 5.10. The van der Waals surface area contributed by atoms with Crippen LogP contribution >= 0.6 is 0 Å². The molecule has 0 radical (unpaired) electrons. The standard InChI is InChI=1S/C13H20N2/c1-2-14-10-13-6-5-12(13)8-11-4-3-7-15-9-11/h3-4,7,9,12-14H,2,5-6,8,10H2,1H3. The molecule has 0 aliphatic heterocycles. The lowest BCUT2D eigenvalue weighted by atomic mass is 9.71. The smallest absolute Gasteiger partial charge is 0.0299 e. The molecule has 2 atom stereocenters. The maximum absolute atomic E-state index is 4.17. The second-order valence-electron chi connectivity index (χ2n) is 4.47. The second kappa shape index (κ2) is 5.26. The summed E-state index contributed by atoms with van der Waals surface area (Å²) in [6.07, 6.45) is 7.86. The molecule has 2 unspecified atom stereocenters. The number of hydrogen-bond acceptors (Lipinski definition) is 2. The molecule has 15 heavy (non-hydrogen) atoms. The lowest BCUT2D eigenvalue weighted by Gasteiger charge is -2.37. The van der Waals surface area contributed by atoms with Gasteiger partial charge in [-0.3, -0.25) is 4.98 Å². The summed E-state index contributed by atoms with van der Waals surface area (Å²) in [6, 6.07) is 4.23. The number of hydrogen-bond donors (Lipinski definition) is 1. The predicted molar refractivity (Wildman–Crippen MR) is 62.7 cm³/mol. The summed E-state index contributed by atoms with van der Waals surface area (Å²) in [6.45, 7) is 4.46. The fraction of sp³-hybridized carbons (Fsp3) is 0.615.